The molecule has 7 nitrogen and oxygen atoms in total. The first kappa shape index (κ1) is 21.7. The summed E-state index contributed by atoms with van der Waals surface area (Å²) in [6.07, 6.45) is 0.647. The van der Waals surface area contributed by atoms with Gasteiger partial charge in [0.2, 0.25) is 5.89 Å². The molecular formula is C21H33N5O2. The van der Waals surface area contributed by atoms with Gasteiger partial charge in [0.25, 0.3) is 0 Å². The lowest BCUT2D eigenvalue weighted by atomic mass is 10.1. The Morgan fingerprint density at radius 2 is 1.96 bits per heavy atom. The number of benzene rings is 1. The molecule has 2 aromatic rings. The van der Waals surface area contributed by atoms with Crippen molar-refractivity contribution >= 4 is 5.96 Å². The first-order chi connectivity index (χ1) is 13.3. The summed E-state index contributed by atoms with van der Waals surface area (Å²) in [7, 11) is 0. The van der Waals surface area contributed by atoms with E-state index in [1.165, 1.54) is 0 Å². The van der Waals surface area contributed by atoms with Crippen molar-refractivity contribution < 1.29 is 9.26 Å². The molecule has 2 N–H and O–H groups in total. The van der Waals surface area contributed by atoms with Crippen LogP contribution in [0.15, 0.2) is 33.8 Å². The van der Waals surface area contributed by atoms with E-state index < -0.39 is 0 Å². The fraction of sp³-hybridized carbons (Fsp3) is 0.571. The molecule has 1 aromatic heterocycles. The third kappa shape index (κ3) is 7.21. The number of ether oxygens (including phenoxy) is 1. The van der Waals surface area contributed by atoms with Crippen LogP contribution in [0.25, 0.3) is 0 Å². The highest BCUT2D eigenvalue weighted by atomic mass is 16.5. The van der Waals surface area contributed by atoms with Crippen molar-refractivity contribution in [2.75, 3.05) is 13.1 Å². The third-order valence-electron chi connectivity index (χ3n) is 3.77. The molecule has 7 heteroatoms. The maximum Gasteiger partial charge on any atom is 0.228 e. The standard InChI is InChI=1S/C21H33N5O2/c1-7-22-20(23-13-12-18-25-19(15(2)3)26-28-18)24-14-16-10-8-9-11-17(16)27-21(4,5)6/h8-11,15H,7,12-14H2,1-6H3,(H2,22,23,24). The van der Waals surface area contributed by atoms with Crippen molar-refractivity contribution in [3.8, 4) is 5.75 Å². The predicted octanol–water partition coefficient (Wildman–Crippen LogP) is 3.67. The zero-order valence-corrected chi connectivity index (χ0v) is 17.9. The van der Waals surface area contributed by atoms with Gasteiger partial charge in [-0.05, 0) is 33.8 Å². The van der Waals surface area contributed by atoms with Gasteiger partial charge in [0, 0.05) is 31.0 Å². The molecule has 1 aromatic carbocycles. The molecule has 0 amide bonds. The van der Waals surface area contributed by atoms with Crippen molar-refractivity contribution in [1.29, 1.82) is 0 Å². The first-order valence-corrected chi connectivity index (χ1v) is 9.90. The summed E-state index contributed by atoms with van der Waals surface area (Å²) in [6.45, 7) is 14.2. The lowest BCUT2D eigenvalue weighted by molar-refractivity contribution is 0.129. The molecule has 0 spiro atoms. The lowest BCUT2D eigenvalue weighted by Gasteiger charge is -2.23. The smallest absolute Gasteiger partial charge is 0.228 e. The van der Waals surface area contributed by atoms with E-state index in [4.69, 9.17) is 9.26 Å². The highest BCUT2D eigenvalue weighted by Gasteiger charge is 2.14. The minimum Gasteiger partial charge on any atom is -0.488 e. The number of para-hydroxylation sites is 1. The van der Waals surface area contributed by atoms with Crippen molar-refractivity contribution in [2.24, 2.45) is 4.99 Å². The average Bonchev–Trinajstić information content (AvgIpc) is 3.09. The van der Waals surface area contributed by atoms with E-state index in [9.17, 15) is 0 Å². The summed E-state index contributed by atoms with van der Waals surface area (Å²) in [5.74, 6) is 3.25. The highest BCUT2D eigenvalue weighted by molar-refractivity contribution is 5.79. The SMILES string of the molecule is CCNC(=NCc1ccccc1OC(C)(C)C)NCCc1nc(C(C)C)no1. The summed E-state index contributed by atoms with van der Waals surface area (Å²) in [6, 6.07) is 8.01. The van der Waals surface area contributed by atoms with Crippen LogP contribution in [0.5, 0.6) is 5.75 Å². The van der Waals surface area contributed by atoms with Gasteiger partial charge in [0.1, 0.15) is 11.4 Å². The quantitative estimate of drug-likeness (QED) is 0.531. The van der Waals surface area contributed by atoms with E-state index in [2.05, 4.69) is 25.8 Å². The lowest BCUT2D eigenvalue weighted by Crippen LogP contribution is -2.38. The van der Waals surface area contributed by atoms with Crippen LogP contribution in [-0.2, 0) is 13.0 Å². The van der Waals surface area contributed by atoms with E-state index in [0.717, 1.165) is 29.6 Å². The zero-order chi connectivity index (χ0) is 20.6. The Kier molecular flexibility index (Phi) is 7.84. The molecule has 0 fully saturated rings. The summed E-state index contributed by atoms with van der Waals surface area (Å²) in [5.41, 5.74) is 0.801. The molecule has 2 rings (SSSR count). The molecule has 154 valence electrons. The topological polar surface area (TPSA) is 84.6 Å². The Morgan fingerprint density at radius 3 is 2.61 bits per heavy atom. The number of nitrogens with one attached hydrogen (secondary N) is 2. The Balaban J connectivity index is 1.96. The van der Waals surface area contributed by atoms with Crippen molar-refractivity contribution in [3.63, 3.8) is 0 Å². The highest BCUT2D eigenvalue weighted by Crippen LogP contribution is 2.23. The molecule has 1 heterocycles. The average molecular weight is 388 g/mol. The fourth-order valence-electron chi connectivity index (χ4n) is 2.46. The van der Waals surface area contributed by atoms with E-state index in [0.29, 0.717) is 25.4 Å². The number of aliphatic imine (C=N–C) groups is 1. The normalized spacial score (nSPS) is 12.3. The van der Waals surface area contributed by atoms with Crippen molar-refractivity contribution in [2.45, 2.75) is 66.0 Å². The van der Waals surface area contributed by atoms with Gasteiger partial charge in [-0.2, -0.15) is 4.98 Å². The van der Waals surface area contributed by atoms with Gasteiger partial charge >= 0.3 is 0 Å². The molecule has 0 aliphatic rings. The Bertz CT molecular complexity index is 762. The minimum atomic E-state index is -0.249. The number of hydrogen-bond donors (Lipinski definition) is 2. The van der Waals surface area contributed by atoms with Crippen LogP contribution in [0.3, 0.4) is 0 Å². The van der Waals surface area contributed by atoms with E-state index in [1.807, 2.05) is 65.8 Å². The van der Waals surface area contributed by atoms with Crippen LogP contribution >= 0.6 is 0 Å². The van der Waals surface area contributed by atoms with Gasteiger partial charge in [-0.3, -0.25) is 0 Å². The van der Waals surface area contributed by atoms with E-state index in [-0.39, 0.29) is 11.5 Å². The molecule has 0 bridgehead atoms. The molecule has 0 atom stereocenters. The van der Waals surface area contributed by atoms with Gasteiger partial charge in [0.15, 0.2) is 11.8 Å². The molecule has 0 aliphatic carbocycles. The summed E-state index contributed by atoms with van der Waals surface area (Å²) >= 11 is 0. The molecule has 0 saturated heterocycles. The van der Waals surface area contributed by atoms with Crippen LogP contribution in [0.2, 0.25) is 0 Å². The van der Waals surface area contributed by atoms with Gasteiger partial charge in [-0.25, -0.2) is 4.99 Å². The van der Waals surface area contributed by atoms with Gasteiger partial charge in [0.05, 0.1) is 6.54 Å². The fourth-order valence-corrected chi connectivity index (χ4v) is 2.46. The summed E-state index contributed by atoms with van der Waals surface area (Å²) in [4.78, 5) is 9.08. The number of rotatable bonds is 8. The van der Waals surface area contributed by atoms with E-state index in [1.54, 1.807) is 0 Å². The second kappa shape index (κ2) is 10.1. The minimum absolute atomic E-state index is 0.249. The zero-order valence-electron chi connectivity index (χ0n) is 17.9. The monoisotopic (exact) mass is 387 g/mol. The van der Waals surface area contributed by atoms with Crippen LogP contribution < -0.4 is 15.4 Å². The number of hydrogen-bond acceptors (Lipinski definition) is 5. The molecule has 28 heavy (non-hydrogen) atoms. The van der Waals surface area contributed by atoms with Gasteiger partial charge in [-0.1, -0.05) is 37.2 Å². The third-order valence-corrected chi connectivity index (χ3v) is 3.77. The maximum atomic E-state index is 6.05. The van der Waals surface area contributed by atoms with Gasteiger partial charge in [-0.15, -0.1) is 0 Å². The van der Waals surface area contributed by atoms with Crippen molar-refractivity contribution in [3.05, 3.63) is 41.5 Å². The molecule has 0 saturated carbocycles. The van der Waals surface area contributed by atoms with Crippen molar-refractivity contribution in [1.82, 2.24) is 20.8 Å². The Labute approximate surface area is 168 Å². The van der Waals surface area contributed by atoms with Crippen LogP contribution in [0.4, 0.5) is 0 Å². The molecule has 0 unspecified atom stereocenters. The largest absolute Gasteiger partial charge is 0.488 e. The maximum absolute atomic E-state index is 6.05. The molecule has 0 aliphatic heterocycles. The molecule has 0 radical (unpaired) electrons. The second-order valence-electron chi connectivity index (χ2n) is 7.90. The second-order valence-corrected chi connectivity index (χ2v) is 7.90. The Hall–Kier alpha value is -2.57. The van der Waals surface area contributed by atoms with Crippen LogP contribution in [0, 0.1) is 0 Å². The summed E-state index contributed by atoms with van der Waals surface area (Å²) < 4.78 is 11.3. The Morgan fingerprint density at radius 1 is 1.21 bits per heavy atom. The molecular weight excluding hydrogens is 354 g/mol. The number of aromatic nitrogens is 2. The number of guanidine groups is 1. The van der Waals surface area contributed by atoms with Crippen LogP contribution in [0.1, 0.15) is 64.7 Å². The van der Waals surface area contributed by atoms with E-state index >= 15 is 0 Å². The van der Waals surface area contributed by atoms with Crippen LogP contribution in [-0.4, -0.2) is 34.8 Å². The predicted molar refractivity (Wildman–Crippen MR) is 112 cm³/mol. The first-order valence-electron chi connectivity index (χ1n) is 9.90. The van der Waals surface area contributed by atoms with Gasteiger partial charge < -0.3 is 19.9 Å². The summed E-state index contributed by atoms with van der Waals surface area (Å²) in [5, 5.41) is 10.6. The number of nitrogens with zero attached hydrogens (tertiary/aromatic N) is 3.